The fourth-order valence-electron chi connectivity index (χ4n) is 4.63. The van der Waals surface area contributed by atoms with Crippen molar-refractivity contribution in [3.8, 4) is 5.75 Å². The lowest BCUT2D eigenvalue weighted by atomic mass is 9.76. The van der Waals surface area contributed by atoms with Gasteiger partial charge in [-0.3, -0.25) is 4.90 Å². The highest BCUT2D eigenvalue weighted by Crippen LogP contribution is 2.45. The minimum Gasteiger partial charge on any atom is -0.507 e. The molecule has 30 heavy (non-hydrogen) atoms. The quantitative estimate of drug-likeness (QED) is 0.649. The molecule has 2 N–H and O–H groups in total. The molecule has 2 fully saturated rings. The van der Waals surface area contributed by atoms with Gasteiger partial charge in [0.1, 0.15) is 5.75 Å². The molecule has 0 saturated carbocycles. The summed E-state index contributed by atoms with van der Waals surface area (Å²) in [6, 6.07) is 4.79. The molecule has 0 bridgehead atoms. The molecule has 1 atom stereocenters. The van der Waals surface area contributed by atoms with E-state index in [4.69, 9.17) is 4.74 Å². The molecular weight excluding hydrogens is 419 g/mol. The van der Waals surface area contributed by atoms with Gasteiger partial charge in [-0.1, -0.05) is 47.6 Å². The highest BCUT2D eigenvalue weighted by Gasteiger charge is 2.35. The maximum Gasteiger partial charge on any atom is 0.124 e. The highest BCUT2D eigenvalue weighted by atomic mass is 35.5. The van der Waals surface area contributed by atoms with E-state index < -0.39 is 0 Å². The number of nitrogens with zero attached hydrogens (tertiary/aromatic N) is 1. The molecule has 2 heterocycles. The van der Waals surface area contributed by atoms with Gasteiger partial charge in [-0.2, -0.15) is 0 Å². The van der Waals surface area contributed by atoms with Crippen LogP contribution >= 0.6 is 24.8 Å². The van der Waals surface area contributed by atoms with Gasteiger partial charge in [-0.05, 0) is 46.8 Å². The first-order valence-corrected chi connectivity index (χ1v) is 11.0. The van der Waals surface area contributed by atoms with Gasteiger partial charge in [0.25, 0.3) is 0 Å². The van der Waals surface area contributed by atoms with Crippen LogP contribution in [0.1, 0.15) is 77.1 Å². The standard InChI is InChI=1S/C24H40N2O2.2ClH/c1-23(2,3)18-15-19(22(27)20(16-18)24(4,5)6)21(17-7-13-28-14-8-17)26-11-9-25-10-12-26;;/h15-17,21,25,27H,7-14H2,1-6H3;2*1H/t21-;;/m0../s1. The predicted octanol–water partition coefficient (Wildman–Crippen LogP) is 5.20. The van der Waals surface area contributed by atoms with Gasteiger partial charge in [-0.15, -0.1) is 24.8 Å². The smallest absolute Gasteiger partial charge is 0.124 e. The van der Waals surface area contributed by atoms with Gasteiger partial charge in [0.15, 0.2) is 0 Å². The van der Waals surface area contributed by atoms with E-state index in [1.165, 1.54) is 5.56 Å². The van der Waals surface area contributed by atoms with Gasteiger partial charge in [-0.25, -0.2) is 0 Å². The van der Waals surface area contributed by atoms with E-state index in [1.807, 2.05) is 0 Å². The molecule has 1 aromatic rings. The Balaban J connectivity index is 0.00000225. The second-order valence-corrected chi connectivity index (χ2v) is 10.6. The minimum absolute atomic E-state index is 0. The molecule has 2 saturated heterocycles. The Morgan fingerprint density at radius 1 is 0.967 bits per heavy atom. The number of hydrogen-bond donors (Lipinski definition) is 2. The van der Waals surface area contributed by atoms with Gasteiger partial charge >= 0.3 is 0 Å². The van der Waals surface area contributed by atoms with E-state index in [0.717, 1.165) is 63.4 Å². The number of phenolic OH excluding ortho intramolecular Hbond substituents is 1. The zero-order valence-electron chi connectivity index (χ0n) is 19.6. The monoisotopic (exact) mass is 460 g/mol. The van der Waals surface area contributed by atoms with Gasteiger partial charge in [0.05, 0.1) is 0 Å². The zero-order chi connectivity index (χ0) is 20.5. The number of rotatable bonds is 3. The molecule has 174 valence electrons. The molecule has 3 rings (SSSR count). The third-order valence-electron chi connectivity index (χ3n) is 6.39. The summed E-state index contributed by atoms with van der Waals surface area (Å²) >= 11 is 0. The van der Waals surface area contributed by atoms with Crippen molar-refractivity contribution < 1.29 is 9.84 Å². The average Bonchev–Trinajstić information content (AvgIpc) is 2.63. The Labute approximate surface area is 196 Å². The fraction of sp³-hybridized carbons (Fsp3) is 0.750. The van der Waals surface area contributed by atoms with E-state index in [0.29, 0.717) is 11.7 Å². The van der Waals surface area contributed by atoms with Crippen molar-refractivity contribution in [2.75, 3.05) is 39.4 Å². The summed E-state index contributed by atoms with van der Waals surface area (Å²) in [5.74, 6) is 1.04. The number of halogens is 2. The van der Waals surface area contributed by atoms with E-state index in [2.05, 4.69) is 63.9 Å². The van der Waals surface area contributed by atoms with E-state index in [-0.39, 0.29) is 41.7 Å². The number of ether oxygens (including phenoxy) is 1. The van der Waals surface area contributed by atoms with Gasteiger partial charge in [0, 0.05) is 51.0 Å². The third kappa shape index (κ3) is 6.26. The third-order valence-corrected chi connectivity index (χ3v) is 6.39. The minimum atomic E-state index is -0.0935. The Kier molecular flexibility index (Phi) is 9.97. The molecular formula is C24H42Cl2N2O2. The molecule has 4 nitrogen and oxygen atoms in total. The number of hydrogen-bond acceptors (Lipinski definition) is 4. The Hall–Kier alpha value is -0.520. The molecule has 0 unspecified atom stereocenters. The number of nitrogens with one attached hydrogen (secondary N) is 1. The number of piperazine rings is 1. The molecule has 0 radical (unpaired) electrons. The number of phenols is 1. The molecule has 0 aliphatic carbocycles. The van der Waals surface area contributed by atoms with Crippen molar-refractivity contribution in [2.45, 2.75) is 71.3 Å². The summed E-state index contributed by atoms with van der Waals surface area (Å²) in [4.78, 5) is 2.60. The van der Waals surface area contributed by atoms with Crippen LogP contribution < -0.4 is 5.32 Å². The van der Waals surface area contributed by atoms with Crippen molar-refractivity contribution in [3.63, 3.8) is 0 Å². The first-order valence-electron chi connectivity index (χ1n) is 11.0. The first kappa shape index (κ1) is 27.5. The second-order valence-electron chi connectivity index (χ2n) is 10.6. The molecule has 0 aromatic heterocycles. The maximum absolute atomic E-state index is 11.5. The normalized spacial score (nSPS) is 20.2. The van der Waals surface area contributed by atoms with Crippen molar-refractivity contribution >= 4 is 24.8 Å². The molecule has 0 spiro atoms. The predicted molar refractivity (Wildman–Crippen MR) is 131 cm³/mol. The SMILES string of the molecule is CC(C)(C)c1cc([C@H](C2CCOCC2)N2CCNCC2)c(O)c(C(C)(C)C)c1.Cl.Cl. The van der Waals surface area contributed by atoms with E-state index in [1.54, 1.807) is 0 Å². The van der Waals surface area contributed by atoms with Crippen LogP contribution in [-0.2, 0) is 15.6 Å². The molecule has 2 aliphatic rings. The number of aromatic hydroxyl groups is 1. The lowest BCUT2D eigenvalue weighted by molar-refractivity contribution is 0.0205. The summed E-state index contributed by atoms with van der Waals surface area (Å²) in [5, 5.41) is 15.0. The second kappa shape index (κ2) is 10.9. The first-order chi connectivity index (χ1) is 13.1. The van der Waals surface area contributed by atoms with Crippen LogP contribution in [0.5, 0.6) is 5.75 Å². The van der Waals surface area contributed by atoms with Crippen LogP contribution in [0.25, 0.3) is 0 Å². The van der Waals surface area contributed by atoms with Crippen LogP contribution in [-0.4, -0.2) is 49.4 Å². The zero-order valence-corrected chi connectivity index (χ0v) is 21.2. The maximum atomic E-state index is 11.5. The van der Waals surface area contributed by atoms with Gasteiger partial charge in [0.2, 0.25) is 0 Å². The lowest BCUT2D eigenvalue weighted by Crippen LogP contribution is -2.47. The summed E-state index contributed by atoms with van der Waals surface area (Å²) in [6.45, 7) is 19.2. The Bertz CT molecular complexity index is 653. The molecule has 0 amide bonds. The van der Waals surface area contributed by atoms with E-state index in [9.17, 15) is 5.11 Å². The molecule has 6 heteroatoms. The summed E-state index contributed by atoms with van der Waals surface area (Å²) in [7, 11) is 0. The largest absolute Gasteiger partial charge is 0.507 e. The van der Waals surface area contributed by atoms with Crippen molar-refractivity contribution in [3.05, 3.63) is 28.8 Å². The van der Waals surface area contributed by atoms with Crippen molar-refractivity contribution in [2.24, 2.45) is 5.92 Å². The summed E-state index contributed by atoms with van der Waals surface area (Å²) in [5.41, 5.74) is 3.47. The molecule has 1 aromatic carbocycles. The summed E-state index contributed by atoms with van der Waals surface area (Å²) < 4.78 is 5.67. The average molecular weight is 462 g/mol. The van der Waals surface area contributed by atoms with Gasteiger partial charge < -0.3 is 15.2 Å². The Morgan fingerprint density at radius 2 is 1.53 bits per heavy atom. The van der Waals surface area contributed by atoms with Crippen LogP contribution in [0.3, 0.4) is 0 Å². The highest BCUT2D eigenvalue weighted by molar-refractivity contribution is 5.85. The fourth-order valence-corrected chi connectivity index (χ4v) is 4.63. The van der Waals surface area contributed by atoms with Crippen molar-refractivity contribution in [1.82, 2.24) is 10.2 Å². The van der Waals surface area contributed by atoms with E-state index >= 15 is 0 Å². The van der Waals surface area contributed by atoms with Crippen molar-refractivity contribution in [1.29, 1.82) is 0 Å². The Morgan fingerprint density at radius 3 is 2.03 bits per heavy atom. The van der Waals surface area contributed by atoms with Crippen LogP contribution in [0.4, 0.5) is 0 Å². The summed E-state index contributed by atoms with van der Waals surface area (Å²) in [6.07, 6.45) is 2.14. The van der Waals surface area contributed by atoms with Crippen LogP contribution in [0.15, 0.2) is 12.1 Å². The van der Waals surface area contributed by atoms with Crippen LogP contribution in [0, 0.1) is 5.92 Å². The number of benzene rings is 1. The molecule has 2 aliphatic heterocycles. The van der Waals surface area contributed by atoms with Crippen LogP contribution in [0.2, 0.25) is 0 Å². The lowest BCUT2D eigenvalue weighted by Gasteiger charge is -2.42. The topological polar surface area (TPSA) is 44.7 Å².